The SMILES string of the molecule is CCC(CC)C(c1ccc(Nc2ccc(-n3nn[nH]c3=O)cc2)cc1)n1cncn1. The molecule has 2 aromatic carbocycles. The average molecular weight is 404 g/mol. The Morgan fingerprint density at radius 2 is 1.67 bits per heavy atom. The monoisotopic (exact) mass is 404 g/mol. The Labute approximate surface area is 173 Å². The van der Waals surface area contributed by atoms with E-state index in [0.717, 1.165) is 24.2 Å². The molecule has 0 amide bonds. The van der Waals surface area contributed by atoms with Gasteiger partial charge in [-0.15, -0.1) is 0 Å². The van der Waals surface area contributed by atoms with Crippen molar-refractivity contribution in [1.29, 1.82) is 0 Å². The second-order valence-electron chi connectivity index (χ2n) is 7.11. The fraction of sp³-hybridized carbons (Fsp3) is 0.286. The molecule has 0 saturated heterocycles. The van der Waals surface area contributed by atoms with E-state index in [1.54, 1.807) is 12.7 Å². The maximum Gasteiger partial charge on any atom is 0.365 e. The highest BCUT2D eigenvalue weighted by atomic mass is 16.2. The zero-order valence-electron chi connectivity index (χ0n) is 16.9. The van der Waals surface area contributed by atoms with Crippen LogP contribution in [0, 0.1) is 5.92 Å². The number of hydrogen-bond donors (Lipinski definition) is 2. The third kappa shape index (κ3) is 4.00. The molecule has 1 atom stereocenters. The lowest BCUT2D eigenvalue weighted by Crippen LogP contribution is -2.20. The lowest BCUT2D eigenvalue weighted by molar-refractivity contribution is 0.332. The number of nitrogens with one attached hydrogen (secondary N) is 2. The van der Waals surface area contributed by atoms with Gasteiger partial charge in [0.1, 0.15) is 12.7 Å². The quantitative estimate of drug-likeness (QED) is 0.467. The Kier molecular flexibility index (Phi) is 5.69. The van der Waals surface area contributed by atoms with Gasteiger partial charge in [-0.05, 0) is 58.3 Å². The van der Waals surface area contributed by atoms with Gasteiger partial charge in [0.05, 0.1) is 11.7 Å². The Hall–Kier alpha value is -3.75. The number of rotatable bonds is 8. The van der Waals surface area contributed by atoms with Gasteiger partial charge in [-0.2, -0.15) is 9.78 Å². The van der Waals surface area contributed by atoms with E-state index in [4.69, 9.17) is 0 Å². The van der Waals surface area contributed by atoms with E-state index in [2.05, 4.69) is 69.0 Å². The molecule has 1 unspecified atom stereocenters. The van der Waals surface area contributed by atoms with Crippen molar-refractivity contribution in [3.63, 3.8) is 0 Å². The van der Waals surface area contributed by atoms with Crippen LogP contribution in [0.1, 0.15) is 38.3 Å². The van der Waals surface area contributed by atoms with Crippen molar-refractivity contribution in [2.75, 3.05) is 5.32 Å². The zero-order valence-corrected chi connectivity index (χ0v) is 16.9. The molecule has 0 aliphatic heterocycles. The third-order valence-electron chi connectivity index (χ3n) is 5.34. The lowest BCUT2D eigenvalue weighted by Gasteiger charge is -2.26. The van der Waals surface area contributed by atoms with Crippen molar-refractivity contribution in [3.8, 4) is 5.69 Å². The first kappa shape index (κ1) is 19.6. The molecule has 0 fully saturated rings. The summed E-state index contributed by atoms with van der Waals surface area (Å²) in [7, 11) is 0. The Bertz CT molecular complexity index is 1110. The fourth-order valence-electron chi connectivity index (χ4n) is 3.72. The van der Waals surface area contributed by atoms with Crippen molar-refractivity contribution >= 4 is 11.4 Å². The maximum atomic E-state index is 11.6. The van der Waals surface area contributed by atoms with Crippen LogP contribution in [0.3, 0.4) is 0 Å². The van der Waals surface area contributed by atoms with Gasteiger partial charge in [-0.1, -0.05) is 38.8 Å². The largest absolute Gasteiger partial charge is 0.365 e. The predicted molar refractivity (Wildman–Crippen MR) is 114 cm³/mol. The molecule has 0 spiro atoms. The highest BCUT2D eigenvalue weighted by Gasteiger charge is 2.23. The second kappa shape index (κ2) is 8.73. The van der Waals surface area contributed by atoms with Crippen LogP contribution in [0.5, 0.6) is 0 Å². The Balaban J connectivity index is 1.52. The molecule has 0 aliphatic carbocycles. The van der Waals surface area contributed by atoms with Gasteiger partial charge in [-0.25, -0.2) is 19.6 Å². The molecule has 2 heterocycles. The van der Waals surface area contributed by atoms with Crippen LogP contribution in [-0.4, -0.2) is 35.0 Å². The van der Waals surface area contributed by atoms with Crippen molar-refractivity contribution in [2.45, 2.75) is 32.7 Å². The molecule has 2 N–H and O–H groups in total. The van der Waals surface area contributed by atoms with Crippen molar-refractivity contribution in [3.05, 3.63) is 77.2 Å². The number of aromatic amines is 1. The number of tetrazole rings is 1. The van der Waals surface area contributed by atoms with Gasteiger partial charge >= 0.3 is 5.69 Å². The van der Waals surface area contributed by atoms with E-state index >= 15 is 0 Å². The number of benzene rings is 2. The van der Waals surface area contributed by atoms with E-state index < -0.39 is 0 Å². The summed E-state index contributed by atoms with van der Waals surface area (Å²) in [5.41, 5.74) is 3.38. The lowest BCUT2D eigenvalue weighted by atomic mass is 9.89. The standard InChI is InChI=1S/C21H24N8O/c1-3-15(4-2)20(28-14-22-13-23-28)16-5-7-17(8-6-16)24-18-9-11-19(12-10-18)29-21(30)25-26-27-29/h5-15,20,24H,3-4H2,1-2H3,(H,25,27,30). The van der Waals surface area contributed by atoms with Crippen molar-refractivity contribution in [2.24, 2.45) is 5.92 Å². The molecule has 0 saturated carbocycles. The summed E-state index contributed by atoms with van der Waals surface area (Å²) in [4.78, 5) is 15.7. The van der Waals surface area contributed by atoms with Crippen LogP contribution in [0.25, 0.3) is 5.69 Å². The molecule has 2 aromatic heterocycles. The molecule has 4 aromatic rings. The molecule has 0 radical (unpaired) electrons. The number of nitrogens with zero attached hydrogens (tertiary/aromatic N) is 6. The minimum absolute atomic E-state index is 0.164. The second-order valence-corrected chi connectivity index (χ2v) is 7.11. The molecule has 30 heavy (non-hydrogen) atoms. The minimum atomic E-state index is -0.370. The topological polar surface area (TPSA) is 106 Å². The number of H-pyrrole nitrogens is 1. The zero-order chi connectivity index (χ0) is 20.9. The Morgan fingerprint density at radius 3 is 2.20 bits per heavy atom. The van der Waals surface area contributed by atoms with Gasteiger partial charge in [0.25, 0.3) is 0 Å². The smallest absolute Gasteiger partial charge is 0.356 e. The molecule has 0 aliphatic rings. The first-order valence-electron chi connectivity index (χ1n) is 10.0. The van der Waals surface area contributed by atoms with Gasteiger partial charge in [0.2, 0.25) is 0 Å². The normalized spacial score (nSPS) is 12.2. The van der Waals surface area contributed by atoms with Crippen LogP contribution < -0.4 is 11.0 Å². The van der Waals surface area contributed by atoms with Crippen LogP contribution in [0.4, 0.5) is 11.4 Å². The molecular weight excluding hydrogens is 380 g/mol. The number of aromatic nitrogens is 7. The minimum Gasteiger partial charge on any atom is -0.356 e. The van der Waals surface area contributed by atoms with Crippen LogP contribution in [-0.2, 0) is 0 Å². The van der Waals surface area contributed by atoms with Crippen molar-refractivity contribution < 1.29 is 0 Å². The Morgan fingerprint density at radius 1 is 1.00 bits per heavy atom. The first-order chi connectivity index (χ1) is 14.7. The van der Waals surface area contributed by atoms with Gasteiger partial charge in [-0.3, -0.25) is 0 Å². The van der Waals surface area contributed by atoms with Crippen LogP contribution in [0.2, 0.25) is 0 Å². The van der Waals surface area contributed by atoms with E-state index in [0.29, 0.717) is 11.6 Å². The predicted octanol–water partition coefficient (Wildman–Crippen LogP) is 3.32. The van der Waals surface area contributed by atoms with Crippen LogP contribution in [0.15, 0.2) is 66.0 Å². The fourth-order valence-corrected chi connectivity index (χ4v) is 3.72. The highest BCUT2D eigenvalue weighted by Crippen LogP contribution is 2.31. The van der Waals surface area contributed by atoms with Crippen LogP contribution >= 0.6 is 0 Å². The summed E-state index contributed by atoms with van der Waals surface area (Å²) >= 11 is 0. The first-order valence-corrected chi connectivity index (χ1v) is 10.0. The van der Waals surface area contributed by atoms with E-state index in [1.165, 1.54) is 10.2 Å². The molecule has 9 heteroatoms. The molecule has 4 rings (SSSR count). The summed E-state index contributed by atoms with van der Waals surface area (Å²) in [5, 5.41) is 17.3. The summed E-state index contributed by atoms with van der Waals surface area (Å²) in [6, 6.07) is 16.0. The van der Waals surface area contributed by atoms with Gasteiger partial charge in [0, 0.05) is 11.4 Å². The molecule has 154 valence electrons. The maximum absolute atomic E-state index is 11.6. The van der Waals surface area contributed by atoms with E-state index in [-0.39, 0.29) is 11.7 Å². The van der Waals surface area contributed by atoms with Gasteiger partial charge in [0.15, 0.2) is 0 Å². The van der Waals surface area contributed by atoms with E-state index in [9.17, 15) is 4.79 Å². The number of hydrogen-bond acceptors (Lipinski definition) is 6. The highest BCUT2D eigenvalue weighted by molar-refractivity contribution is 5.61. The summed E-state index contributed by atoms with van der Waals surface area (Å²) in [6.07, 6.45) is 5.52. The third-order valence-corrected chi connectivity index (χ3v) is 5.34. The molecule has 9 nitrogen and oxygen atoms in total. The van der Waals surface area contributed by atoms with Gasteiger partial charge < -0.3 is 5.32 Å². The molecule has 0 bridgehead atoms. The summed E-state index contributed by atoms with van der Waals surface area (Å²) in [5.74, 6) is 0.484. The number of anilines is 2. The summed E-state index contributed by atoms with van der Waals surface area (Å²) < 4.78 is 3.16. The summed E-state index contributed by atoms with van der Waals surface area (Å²) in [6.45, 7) is 4.43. The molecular formula is C21H24N8O. The average Bonchev–Trinajstić information content (AvgIpc) is 3.45. The van der Waals surface area contributed by atoms with E-state index in [1.807, 2.05) is 28.9 Å². The van der Waals surface area contributed by atoms with Crippen molar-refractivity contribution in [1.82, 2.24) is 35.0 Å².